The van der Waals surface area contributed by atoms with E-state index in [1.165, 1.54) is 11.8 Å². The molecule has 0 bridgehead atoms. The van der Waals surface area contributed by atoms with Crippen LogP contribution >= 0.6 is 0 Å². The monoisotopic (exact) mass is 474 g/mol. The third kappa shape index (κ3) is 5.87. The van der Waals surface area contributed by atoms with Gasteiger partial charge in [0.05, 0.1) is 12.8 Å². The minimum atomic E-state index is -0.138. The van der Waals surface area contributed by atoms with Gasteiger partial charge in [0, 0.05) is 32.0 Å². The fourth-order valence-electron chi connectivity index (χ4n) is 4.59. The highest BCUT2D eigenvalue weighted by Gasteiger charge is 2.31. The number of fused-ring (bicyclic) bond motifs is 1. The van der Waals surface area contributed by atoms with Crippen LogP contribution in [0.4, 0.5) is 5.82 Å². The number of rotatable bonds is 6. The molecule has 0 atom stereocenters. The topological polar surface area (TPSA) is 85.6 Å². The Hall–Kier alpha value is -3.28. The lowest BCUT2D eigenvalue weighted by Crippen LogP contribution is -2.49. The summed E-state index contributed by atoms with van der Waals surface area (Å²) in [6.07, 6.45) is 7.19. The number of nitriles is 1. The first kappa shape index (κ1) is 24.8. The summed E-state index contributed by atoms with van der Waals surface area (Å²) in [6, 6.07) is 10.1. The summed E-state index contributed by atoms with van der Waals surface area (Å²) in [4.78, 5) is 24.9. The smallest absolute Gasteiger partial charge is 0.276 e. The molecule has 1 aromatic heterocycles. The zero-order valence-corrected chi connectivity index (χ0v) is 21.1. The first-order valence-electron chi connectivity index (χ1n) is 12.2. The molecule has 0 radical (unpaired) electrons. The number of anilines is 1. The molecule has 0 saturated carbocycles. The van der Waals surface area contributed by atoms with Crippen molar-refractivity contribution in [2.45, 2.75) is 39.5 Å². The number of nitrogens with zero attached hydrogens (tertiary/aromatic N) is 6. The molecular weight excluding hydrogens is 440 g/mol. The summed E-state index contributed by atoms with van der Waals surface area (Å²) < 4.78 is 5.20. The quantitative estimate of drug-likeness (QED) is 0.624. The third-order valence-corrected chi connectivity index (χ3v) is 6.43. The molecule has 1 fully saturated rings. The van der Waals surface area contributed by atoms with Gasteiger partial charge in [-0.15, -0.1) is 0 Å². The van der Waals surface area contributed by atoms with Crippen LogP contribution in [-0.4, -0.2) is 65.7 Å². The second-order valence-corrected chi connectivity index (χ2v) is 10.4. The number of likely N-dealkylation sites (tertiary alicyclic amines) is 1. The van der Waals surface area contributed by atoms with Crippen molar-refractivity contribution in [2.75, 3.05) is 44.9 Å². The number of carbonyl (C=O) groups is 1. The SMILES string of the molecule is COCCN1CCC(c2ccc(C(=O)N3C=Cc4ncc(C#N)nc4N3CC(C)(C)C)cc2)CC1. The van der Waals surface area contributed by atoms with Gasteiger partial charge in [0.2, 0.25) is 0 Å². The van der Waals surface area contributed by atoms with Crippen molar-refractivity contribution in [1.29, 1.82) is 5.26 Å². The van der Waals surface area contributed by atoms with Crippen LogP contribution in [0.1, 0.15) is 66.8 Å². The Bertz CT molecular complexity index is 1110. The Balaban J connectivity index is 1.51. The van der Waals surface area contributed by atoms with E-state index in [2.05, 4.69) is 47.8 Å². The molecule has 8 heteroatoms. The highest BCUT2D eigenvalue weighted by atomic mass is 16.5. The van der Waals surface area contributed by atoms with Crippen molar-refractivity contribution in [3.05, 3.63) is 59.2 Å². The van der Waals surface area contributed by atoms with Gasteiger partial charge in [-0.3, -0.25) is 9.80 Å². The number of carbonyl (C=O) groups excluding carboxylic acids is 1. The molecule has 184 valence electrons. The molecule has 35 heavy (non-hydrogen) atoms. The fourth-order valence-corrected chi connectivity index (χ4v) is 4.59. The molecule has 2 aliphatic heterocycles. The van der Waals surface area contributed by atoms with E-state index < -0.39 is 0 Å². The molecular formula is C27H34N6O2. The maximum Gasteiger partial charge on any atom is 0.276 e. The number of piperidine rings is 1. The molecule has 0 N–H and O–H groups in total. The van der Waals surface area contributed by atoms with E-state index in [4.69, 9.17) is 4.74 Å². The molecule has 0 spiro atoms. The normalized spacial score (nSPS) is 16.8. The summed E-state index contributed by atoms with van der Waals surface area (Å²) in [5, 5.41) is 12.7. The van der Waals surface area contributed by atoms with E-state index in [0.29, 0.717) is 29.5 Å². The second-order valence-electron chi connectivity index (χ2n) is 10.4. The van der Waals surface area contributed by atoms with E-state index in [1.807, 2.05) is 23.2 Å². The van der Waals surface area contributed by atoms with Gasteiger partial charge in [-0.1, -0.05) is 32.9 Å². The van der Waals surface area contributed by atoms with Crippen molar-refractivity contribution >= 4 is 17.8 Å². The van der Waals surface area contributed by atoms with Crippen molar-refractivity contribution in [2.24, 2.45) is 5.41 Å². The van der Waals surface area contributed by atoms with Crippen LogP contribution < -0.4 is 5.01 Å². The molecule has 8 nitrogen and oxygen atoms in total. The number of amides is 1. The molecule has 4 rings (SSSR count). The number of methoxy groups -OCH3 is 1. The summed E-state index contributed by atoms with van der Waals surface area (Å²) >= 11 is 0. The molecule has 1 aromatic carbocycles. The molecule has 1 saturated heterocycles. The Morgan fingerprint density at radius 3 is 2.54 bits per heavy atom. The molecule has 2 aliphatic rings. The molecule has 0 unspecified atom stereocenters. The van der Waals surface area contributed by atoms with E-state index >= 15 is 0 Å². The summed E-state index contributed by atoms with van der Waals surface area (Å²) in [6.45, 7) is 10.7. The van der Waals surface area contributed by atoms with Crippen molar-refractivity contribution < 1.29 is 9.53 Å². The van der Waals surface area contributed by atoms with E-state index in [0.717, 1.165) is 39.1 Å². The van der Waals surface area contributed by atoms with Gasteiger partial charge in [0.1, 0.15) is 11.8 Å². The minimum Gasteiger partial charge on any atom is -0.383 e. The zero-order chi connectivity index (χ0) is 25.0. The van der Waals surface area contributed by atoms with Crippen LogP contribution in [0, 0.1) is 16.7 Å². The zero-order valence-electron chi connectivity index (χ0n) is 21.1. The minimum absolute atomic E-state index is 0.118. The molecule has 2 aromatic rings. The fraction of sp³-hybridized carbons (Fsp3) is 0.481. The lowest BCUT2D eigenvalue weighted by molar-refractivity contribution is 0.0794. The number of benzene rings is 1. The van der Waals surface area contributed by atoms with Gasteiger partial charge in [-0.2, -0.15) is 5.26 Å². The van der Waals surface area contributed by atoms with Crippen LogP contribution in [0.2, 0.25) is 0 Å². The molecule has 1 amide bonds. The van der Waals surface area contributed by atoms with Crippen LogP contribution in [-0.2, 0) is 4.74 Å². The Morgan fingerprint density at radius 2 is 1.91 bits per heavy atom. The molecule has 0 aliphatic carbocycles. The lowest BCUT2D eigenvalue weighted by atomic mass is 9.89. The Morgan fingerprint density at radius 1 is 1.20 bits per heavy atom. The van der Waals surface area contributed by atoms with Gasteiger partial charge in [0.25, 0.3) is 5.91 Å². The van der Waals surface area contributed by atoms with E-state index in [1.54, 1.807) is 24.4 Å². The number of ether oxygens (including phenoxy) is 1. The average molecular weight is 475 g/mol. The van der Waals surface area contributed by atoms with Gasteiger partial charge < -0.3 is 9.64 Å². The predicted molar refractivity (Wildman–Crippen MR) is 135 cm³/mol. The lowest BCUT2D eigenvalue weighted by Gasteiger charge is -2.39. The Kier molecular flexibility index (Phi) is 7.48. The van der Waals surface area contributed by atoms with Gasteiger partial charge in [0.15, 0.2) is 11.5 Å². The van der Waals surface area contributed by atoms with Crippen LogP contribution in [0.15, 0.2) is 36.7 Å². The largest absolute Gasteiger partial charge is 0.383 e. The second kappa shape index (κ2) is 10.5. The van der Waals surface area contributed by atoms with Crippen molar-refractivity contribution in [3.8, 4) is 6.07 Å². The summed E-state index contributed by atoms with van der Waals surface area (Å²) in [5.41, 5.74) is 2.64. The van der Waals surface area contributed by atoms with E-state index in [-0.39, 0.29) is 17.0 Å². The Labute approximate surface area is 207 Å². The third-order valence-electron chi connectivity index (χ3n) is 6.43. The number of hydrogen-bond donors (Lipinski definition) is 0. The van der Waals surface area contributed by atoms with Gasteiger partial charge >= 0.3 is 0 Å². The number of aromatic nitrogens is 2. The average Bonchev–Trinajstić information content (AvgIpc) is 2.86. The first-order chi connectivity index (χ1) is 16.8. The van der Waals surface area contributed by atoms with Crippen LogP contribution in [0.5, 0.6) is 0 Å². The predicted octanol–water partition coefficient (Wildman–Crippen LogP) is 4.07. The summed E-state index contributed by atoms with van der Waals surface area (Å²) in [5.74, 6) is 0.893. The standard InChI is InChI=1S/C27H34N6O2/c1-27(2,3)19-33-25-24(29-18-23(17-28)30-25)11-14-32(33)26(34)22-7-5-20(6-8-22)21-9-12-31(13-10-21)15-16-35-4/h5-8,11,14,18,21H,9-10,12-13,15-16,19H2,1-4H3. The summed E-state index contributed by atoms with van der Waals surface area (Å²) in [7, 11) is 1.74. The van der Waals surface area contributed by atoms with E-state index in [9.17, 15) is 10.1 Å². The highest BCUT2D eigenvalue weighted by molar-refractivity contribution is 5.97. The molecule has 3 heterocycles. The maximum absolute atomic E-state index is 13.6. The maximum atomic E-state index is 13.6. The van der Waals surface area contributed by atoms with Crippen molar-refractivity contribution in [3.63, 3.8) is 0 Å². The highest BCUT2D eigenvalue weighted by Crippen LogP contribution is 2.31. The van der Waals surface area contributed by atoms with Crippen LogP contribution in [0.25, 0.3) is 6.08 Å². The van der Waals surface area contributed by atoms with Gasteiger partial charge in [-0.05, 0) is 61.0 Å². The van der Waals surface area contributed by atoms with Crippen LogP contribution in [0.3, 0.4) is 0 Å². The van der Waals surface area contributed by atoms with Gasteiger partial charge in [-0.25, -0.2) is 15.0 Å². The number of hydrazine groups is 1. The number of hydrogen-bond acceptors (Lipinski definition) is 7. The first-order valence-corrected chi connectivity index (χ1v) is 12.2. The van der Waals surface area contributed by atoms with Crippen molar-refractivity contribution in [1.82, 2.24) is 19.9 Å².